The van der Waals surface area contributed by atoms with E-state index in [4.69, 9.17) is 11.6 Å². The summed E-state index contributed by atoms with van der Waals surface area (Å²) < 4.78 is 0. The van der Waals surface area contributed by atoms with Gasteiger partial charge in [0.1, 0.15) is 0 Å². The number of hydrogen-bond donors (Lipinski definition) is 0. The molecular weight excluding hydrogens is 168 g/mol. The van der Waals surface area contributed by atoms with Crippen molar-refractivity contribution in [1.29, 1.82) is 0 Å². The van der Waals surface area contributed by atoms with Gasteiger partial charge in [0, 0.05) is 5.38 Å². The normalized spacial score (nSPS) is 22.0. The molecule has 0 saturated carbocycles. The van der Waals surface area contributed by atoms with Crippen molar-refractivity contribution in [3.8, 4) is 0 Å². The zero-order valence-corrected chi connectivity index (χ0v) is 8.06. The van der Waals surface area contributed by atoms with Gasteiger partial charge in [0.25, 0.3) is 0 Å². The van der Waals surface area contributed by atoms with E-state index in [1.54, 1.807) is 0 Å². The number of alkyl halides is 1. The Balaban J connectivity index is 2.37. The summed E-state index contributed by atoms with van der Waals surface area (Å²) in [4.78, 5) is 0. The summed E-state index contributed by atoms with van der Waals surface area (Å²) in [6.07, 6.45) is 3.35. The van der Waals surface area contributed by atoms with Crippen LogP contribution in [0.4, 0.5) is 0 Å². The van der Waals surface area contributed by atoms with Crippen LogP contribution >= 0.6 is 11.6 Å². The molecule has 1 aromatic carbocycles. The lowest BCUT2D eigenvalue weighted by Gasteiger charge is -2.20. The summed E-state index contributed by atoms with van der Waals surface area (Å²) in [5.41, 5.74) is 4.30. The molecule has 0 aliphatic heterocycles. The third-order valence-electron chi connectivity index (χ3n) is 2.53. The monoisotopic (exact) mass is 180 g/mol. The molecule has 1 aromatic rings. The molecule has 0 saturated heterocycles. The molecule has 1 heteroatoms. The molecule has 0 amide bonds. The predicted molar refractivity (Wildman–Crippen MR) is 52.8 cm³/mol. The number of aryl methyl sites for hydroxylation is 2. The second-order valence-electron chi connectivity index (χ2n) is 3.61. The Morgan fingerprint density at radius 3 is 3.00 bits per heavy atom. The van der Waals surface area contributed by atoms with Gasteiger partial charge in [-0.3, -0.25) is 0 Å². The molecule has 0 spiro atoms. The van der Waals surface area contributed by atoms with Gasteiger partial charge in [-0.2, -0.15) is 0 Å². The molecule has 64 valence electrons. The van der Waals surface area contributed by atoms with Crippen molar-refractivity contribution >= 4 is 11.6 Å². The van der Waals surface area contributed by atoms with Crippen molar-refractivity contribution in [3.63, 3.8) is 0 Å². The summed E-state index contributed by atoms with van der Waals surface area (Å²) >= 11 is 6.10. The topological polar surface area (TPSA) is 0 Å². The lowest BCUT2D eigenvalue weighted by molar-refractivity contribution is 0.694. The van der Waals surface area contributed by atoms with Gasteiger partial charge in [-0.25, -0.2) is 0 Å². The minimum Gasteiger partial charge on any atom is -0.123 e. The molecule has 1 atom stereocenters. The highest BCUT2D eigenvalue weighted by molar-refractivity contribution is 6.20. The molecule has 0 bridgehead atoms. The van der Waals surface area contributed by atoms with E-state index in [1.165, 1.54) is 16.7 Å². The Bertz CT molecular complexity index is 291. The van der Waals surface area contributed by atoms with E-state index in [2.05, 4.69) is 25.1 Å². The second-order valence-corrected chi connectivity index (χ2v) is 4.23. The van der Waals surface area contributed by atoms with E-state index in [9.17, 15) is 0 Å². The highest BCUT2D eigenvalue weighted by Crippen LogP contribution is 2.25. The molecule has 12 heavy (non-hydrogen) atoms. The first-order valence-corrected chi connectivity index (χ1v) is 4.92. The fraction of sp³-hybridized carbons (Fsp3) is 0.455. The van der Waals surface area contributed by atoms with Crippen molar-refractivity contribution in [2.75, 3.05) is 0 Å². The number of hydrogen-bond acceptors (Lipinski definition) is 0. The van der Waals surface area contributed by atoms with Gasteiger partial charge in [-0.1, -0.05) is 23.8 Å². The summed E-state index contributed by atoms with van der Waals surface area (Å²) in [5.74, 6) is 0. The van der Waals surface area contributed by atoms with Crippen LogP contribution in [0.25, 0.3) is 0 Å². The smallest absolute Gasteiger partial charge is 0.0379 e. The van der Waals surface area contributed by atoms with Crippen LogP contribution in [0.5, 0.6) is 0 Å². The Hall–Kier alpha value is -0.490. The zero-order chi connectivity index (χ0) is 8.55. The van der Waals surface area contributed by atoms with E-state index < -0.39 is 0 Å². The lowest BCUT2D eigenvalue weighted by Crippen LogP contribution is -2.13. The highest BCUT2D eigenvalue weighted by Gasteiger charge is 2.15. The molecule has 2 rings (SSSR count). The summed E-state index contributed by atoms with van der Waals surface area (Å²) in [6, 6.07) is 6.70. The van der Waals surface area contributed by atoms with E-state index in [0.29, 0.717) is 5.38 Å². The van der Waals surface area contributed by atoms with Crippen molar-refractivity contribution in [2.45, 2.75) is 31.6 Å². The van der Waals surface area contributed by atoms with Gasteiger partial charge in [-0.15, -0.1) is 11.6 Å². The van der Waals surface area contributed by atoms with Crippen LogP contribution in [0.1, 0.15) is 23.1 Å². The maximum Gasteiger partial charge on any atom is 0.0379 e. The summed E-state index contributed by atoms with van der Waals surface area (Å²) in [5, 5.41) is 0.360. The fourth-order valence-electron chi connectivity index (χ4n) is 1.84. The Labute approximate surface area is 78.6 Å². The third-order valence-corrected chi connectivity index (χ3v) is 2.90. The summed E-state index contributed by atoms with van der Waals surface area (Å²) in [7, 11) is 0. The van der Waals surface area contributed by atoms with E-state index in [-0.39, 0.29) is 0 Å². The van der Waals surface area contributed by atoms with Gasteiger partial charge in [0.2, 0.25) is 0 Å². The van der Waals surface area contributed by atoms with Crippen LogP contribution in [-0.2, 0) is 12.8 Å². The number of benzene rings is 1. The molecule has 0 heterocycles. The standard InChI is InChI=1S/C11H13Cl/c1-8-2-3-9-4-5-11(12)7-10(9)6-8/h2-3,6,11H,4-5,7H2,1H3. The molecule has 0 aromatic heterocycles. The molecule has 0 fully saturated rings. The second kappa shape index (κ2) is 3.10. The molecule has 0 N–H and O–H groups in total. The van der Waals surface area contributed by atoms with Crippen molar-refractivity contribution < 1.29 is 0 Å². The number of rotatable bonds is 0. The third kappa shape index (κ3) is 1.49. The van der Waals surface area contributed by atoms with E-state index >= 15 is 0 Å². The Morgan fingerprint density at radius 1 is 1.33 bits per heavy atom. The highest BCUT2D eigenvalue weighted by atomic mass is 35.5. The van der Waals surface area contributed by atoms with Crippen LogP contribution < -0.4 is 0 Å². The first-order chi connectivity index (χ1) is 5.75. The quantitative estimate of drug-likeness (QED) is 0.539. The molecule has 1 unspecified atom stereocenters. The van der Waals surface area contributed by atoms with Crippen LogP contribution in [-0.4, -0.2) is 5.38 Å². The SMILES string of the molecule is Cc1ccc2c(c1)CC(Cl)CC2. The molecule has 1 aliphatic rings. The lowest BCUT2D eigenvalue weighted by atomic mass is 9.90. The van der Waals surface area contributed by atoms with Gasteiger partial charge in [0.15, 0.2) is 0 Å². The zero-order valence-electron chi connectivity index (χ0n) is 7.31. The first kappa shape index (κ1) is 8.12. The van der Waals surface area contributed by atoms with Crippen molar-refractivity contribution in [2.24, 2.45) is 0 Å². The average molecular weight is 181 g/mol. The Morgan fingerprint density at radius 2 is 2.17 bits per heavy atom. The molecule has 0 nitrogen and oxygen atoms in total. The van der Waals surface area contributed by atoms with Crippen LogP contribution in [0.3, 0.4) is 0 Å². The largest absolute Gasteiger partial charge is 0.123 e. The maximum atomic E-state index is 6.10. The average Bonchev–Trinajstić information content (AvgIpc) is 2.03. The van der Waals surface area contributed by atoms with Gasteiger partial charge < -0.3 is 0 Å². The molecule has 0 radical (unpaired) electrons. The van der Waals surface area contributed by atoms with Crippen LogP contribution in [0.15, 0.2) is 18.2 Å². The van der Waals surface area contributed by atoms with Gasteiger partial charge in [-0.05, 0) is 37.3 Å². The van der Waals surface area contributed by atoms with Crippen molar-refractivity contribution in [1.82, 2.24) is 0 Å². The minimum absolute atomic E-state index is 0.360. The van der Waals surface area contributed by atoms with Gasteiger partial charge in [0.05, 0.1) is 0 Å². The van der Waals surface area contributed by atoms with Crippen molar-refractivity contribution in [3.05, 3.63) is 34.9 Å². The maximum absolute atomic E-state index is 6.10. The Kier molecular flexibility index (Phi) is 2.10. The number of halogens is 1. The first-order valence-electron chi connectivity index (χ1n) is 4.48. The predicted octanol–water partition coefficient (Wildman–Crippen LogP) is 3.09. The van der Waals surface area contributed by atoms with Gasteiger partial charge >= 0.3 is 0 Å². The summed E-state index contributed by atoms with van der Waals surface area (Å²) in [6.45, 7) is 2.14. The molecule has 1 aliphatic carbocycles. The fourth-order valence-corrected chi connectivity index (χ4v) is 2.12. The number of fused-ring (bicyclic) bond motifs is 1. The van der Waals surface area contributed by atoms with E-state index in [1.807, 2.05) is 0 Å². The van der Waals surface area contributed by atoms with E-state index in [0.717, 1.165) is 19.3 Å². The molecular formula is C11H13Cl. The minimum atomic E-state index is 0.360. The van der Waals surface area contributed by atoms with Crippen LogP contribution in [0.2, 0.25) is 0 Å². The van der Waals surface area contributed by atoms with Crippen LogP contribution in [0, 0.1) is 6.92 Å².